The Bertz CT molecular complexity index is 68.5. The predicted octanol–water partition coefficient (Wildman–Crippen LogP) is -0.547. The van der Waals surface area contributed by atoms with Gasteiger partial charge in [-0.25, -0.2) is 0 Å². The first kappa shape index (κ1) is 13.4. The summed E-state index contributed by atoms with van der Waals surface area (Å²) >= 11 is 0. The Hall–Kier alpha value is 0.828. The summed E-state index contributed by atoms with van der Waals surface area (Å²) in [5.74, 6) is 0. The van der Waals surface area contributed by atoms with Crippen molar-refractivity contribution < 1.29 is 4.12 Å². The van der Waals surface area contributed by atoms with Crippen molar-refractivity contribution in [1.29, 1.82) is 0 Å². The van der Waals surface area contributed by atoms with Crippen molar-refractivity contribution in [1.82, 2.24) is 0 Å². The second kappa shape index (κ2) is 6.53. The van der Waals surface area contributed by atoms with E-state index in [4.69, 9.17) is 0 Å². The molecule has 0 heterocycles. The number of hydrogen-bond donors (Lipinski definition) is 0. The molecule has 5 heteroatoms. The van der Waals surface area contributed by atoms with Gasteiger partial charge < -0.3 is 4.12 Å². The summed E-state index contributed by atoms with van der Waals surface area (Å²) in [4.78, 5) is 0. The molecule has 0 saturated heterocycles. The number of hydrogen-bond acceptors (Lipinski definition) is 1. The van der Waals surface area contributed by atoms with Crippen LogP contribution in [0.5, 0.6) is 0 Å². The second-order valence-electron chi connectivity index (χ2n) is 3.93. The fraction of sp³-hybridized carbons (Fsp3) is 1.00. The molecular formula is C5H22OSi4. The Balaban J connectivity index is 0. The lowest BCUT2D eigenvalue weighted by Gasteiger charge is -2.18. The van der Waals surface area contributed by atoms with E-state index < -0.39 is 7.59 Å². The molecule has 0 saturated carbocycles. The van der Waals surface area contributed by atoms with Gasteiger partial charge in [-0.05, 0) is 0 Å². The van der Waals surface area contributed by atoms with E-state index in [1.54, 1.807) is 0 Å². The van der Waals surface area contributed by atoms with E-state index in [2.05, 4.69) is 36.9 Å². The van der Waals surface area contributed by atoms with Gasteiger partial charge in [-0.2, -0.15) is 0 Å². The Labute approximate surface area is 74.1 Å². The Kier molecular flexibility index (Phi) is 8.77. The smallest absolute Gasteiger partial charge is 0.129 e. The monoisotopic (exact) mass is 210 g/mol. The van der Waals surface area contributed by atoms with E-state index in [0.717, 1.165) is 21.0 Å². The van der Waals surface area contributed by atoms with Crippen LogP contribution in [0.1, 0.15) is 0 Å². The standard InChI is InChI=1S/C5H16Si2.H6OSi2/c1-6(2)7(3,4)5;2-1-3/h6H,1-5H3;2-3H3. The lowest BCUT2D eigenvalue weighted by atomic mass is 11.8. The molecule has 0 radical (unpaired) electrons. The highest BCUT2D eigenvalue weighted by Crippen LogP contribution is 2.04. The molecule has 0 aromatic rings. The highest BCUT2D eigenvalue weighted by Gasteiger charge is 2.17. The molecule has 10 heavy (non-hydrogen) atoms. The molecule has 0 aliphatic heterocycles. The van der Waals surface area contributed by atoms with Crippen LogP contribution in [0.4, 0.5) is 0 Å². The van der Waals surface area contributed by atoms with Crippen molar-refractivity contribution in [3.8, 4) is 0 Å². The maximum absolute atomic E-state index is 4.53. The van der Waals surface area contributed by atoms with Crippen LogP contribution in [0.15, 0.2) is 0 Å². The van der Waals surface area contributed by atoms with Crippen molar-refractivity contribution in [3.05, 3.63) is 0 Å². The van der Waals surface area contributed by atoms with Gasteiger partial charge >= 0.3 is 0 Å². The maximum atomic E-state index is 4.53. The van der Waals surface area contributed by atoms with Crippen LogP contribution < -0.4 is 0 Å². The molecule has 0 bridgehead atoms. The van der Waals surface area contributed by atoms with Crippen LogP contribution in [-0.2, 0) is 4.12 Å². The normalized spacial score (nSPS) is 11.4. The molecule has 0 aromatic carbocycles. The summed E-state index contributed by atoms with van der Waals surface area (Å²) < 4.78 is 4.53. The van der Waals surface area contributed by atoms with Crippen LogP contribution in [0, 0.1) is 0 Å². The van der Waals surface area contributed by atoms with E-state index in [9.17, 15) is 0 Å². The molecule has 0 spiro atoms. The average Bonchev–Trinajstić information content (AvgIpc) is 1.64. The zero-order valence-electron chi connectivity index (χ0n) is 8.49. The zero-order chi connectivity index (χ0) is 8.78. The van der Waals surface area contributed by atoms with Gasteiger partial charge in [0.25, 0.3) is 0 Å². The van der Waals surface area contributed by atoms with Gasteiger partial charge in [0.1, 0.15) is 21.0 Å². The van der Waals surface area contributed by atoms with Crippen LogP contribution in [0.2, 0.25) is 32.7 Å². The lowest BCUT2D eigenvalue weighted by Crippen LogP contribution is -2.37. The summed E-state index contributed by atoms with van der Waals surface area (Å²) in [5.41, 5.74) is 0. The molecule has 0 aromatic heterocycles. The van der Waals surface area contributed by atoms with Gasteiger partial charge in [0.15, 0.2) is 0 Å². The Morgan fingerprint density at radius 1 is 1.10 bits per heavy atom. The minimum atomic E-state index is -0.596. The molecule has 0 fully saturated rings. The van der Waals surface area contributed by atoms with Gasteiger partial charge in [-0.1, -0.05) is 32.7 Å². The van der Waals surface area contributed by atoms with Crippen LogP contribution in [0.25, 0.3) is 0 Å². The summed E-state index contributed by atoms with van der Waals surface area (Å²) in [6.45, 7) is 12.3. The Morgan fingerprint density at radius 3 is 1.20 bits per heavy atom. The third-order valence-corrected chi connectivity index (χ3v) is 15.6. The predicted molar refractivity (Wildman–Crippen MR) is 63.2 cm³/mol. The minimum Gasteiger partial charge on any atom is -0.471 e. The van der Waals surface area contributed by atoms with Crippen LogP contribution >= 0.6 is 0 Å². The number of rotatable bonds is 1. The lowest BCUT2D eigenvalue weighted by molar-refractivity contribution is 0.690. The maximum Gasteiger partial charge on any atom is 0.129 e. The van der Waals surface area contributed by atoms with Crippen molar-refractivity contribution in [2.75, 3.05) is 0 Å². The van der Waals surface area contributed by atoms with Crippen LogP contribution in [-0.4, -0.2) is 36.9 Å². The van der Waals surface area contributed by atoms with Crippen LogP contribution in [0.3, 0.4) is 0 Å². The minimum absolute atomic E-state index is 0.220. The molecular weight excluding hydrogens is 188 g/mol. The second-order valence-corrected chi connectivity index (χ2v) is 22.9. The summed E-state index contributed by atoms with van der Waals surface area (Å²) in [5, 5.41) is 0. The van der Waals surface area contributed by atoms with Gasteiger partial charge in [-0.15, -0.1) is 0 Å². The van der Waals surface area contributed by atoms with Gasteiger partial charge in [0.05, 0.1) is 0 Å². The third-order valence-electron chi connectivity index (χ3n) is 1.73. The van der Waals surface area contributed by atoms with E-state index >= 15 is 0 Å². The molecule has 0 rings (SSSR count). The third kappa shape index (κ3) is 11.6. The summed E-state index contributed by atoms with van der Waals surface area (Å²) in [7, 11) is 1.05. The first-order valence-corrected chi connectivity index (χ1v) is 13.0. The topological polar surface area (TPSA) is 9.23 Å². The van der Waals surface area contributed by atoms with Crippen molar-refractivity contribution in [2.45, 2.75) is 32.7 Å². The van der Waals surface area contributed by atoms with Gasteiger partial charge in [0, 0.05) is 15.9 Å². The van der Waals surface area contributed by atoms with E-state index in [0.29, 0.717) is 0 Å². The highest BCUT2D eigenvalue weighted by molar-refractivity contribution is 7.30. The van der Waals surface area contributed by atoms with Gasteiger partial charge in [-0.3, -0.25) is 0 Å². The molecule has 0 aliphatic rings. The largest absolute Gasteiger partial charge is 0.471 e. The zero-order valence-corrected chi connectivity index (χ0v) is 14.6. The van der Waals surface area contributed by atoms with E-state index in [1.807, 2.05) is 0 Å². The highest BCUT2D eigenvalue weighted by atomic mass is 29.2. The molecule has 0 amide bonds. The van der Waals surface area contributed by atoms with Crippen molar-refractivity contribution >= 4 is 36.9 Å². The Morgan fingerprint density at radius 2 is 1.20 bits per heavy atom. The SMILES string of the molecule is C[SiH](C)[Si](C)(C)C.[SiH3]O[SiH3]. The molecule has 0 unspecified atom stereocenters. The first-order valence-electron chi connectivity index (χ1n) is 3.76. The van der Waals surface area contributed by atoms with E-state index in [1.165, 1.54) is 0 Å². The fourth-order valence-corrected chi connectivity index (χ4v) is 0. The summed E-state index contributed by atoms with van der Waals surface area (Å²) in [6.07, 6.45) is 0. The quantitative estimate of drug-likeness (QED) is 0.528. The molecule has 0 N–H and O–H groups in total. The molecule has 64 valence electrons. The molecule has 0 atom stereocenters. The first-order chi connectivity index (χ1) is 4.36. The summed E-state index contributed by atoms with van der Waals surface area (Å²) in [6, 6.07) is 0. The average molecular weight is 211 g/mol. The van der Waals surface area contributed by atoms with Crippen molar-refractivity contribution in [2.24, 2.45) is 0 Å². The molecule has 0 aliphatic carbocycles. The molecule has 1 nitrogen and oxygen atoms in total. The van der Waals surface area contributed by atoms with Gasteiger partial charge in [0.2, 0.25) is 0 Å². The van der Waals surface area contributed by atoms with Crippen molar-refractivity contribution in [3.63, 3.8) is 0 Å². The van der Waals surface area contributed by atoms with E-state index in [-0.39, 0.29) is 8.31 Å². The fourth-order valence-electron chi connectivity index (χ4n) is 0.